The maximum atomic E-state index is 13.6. The van der Waals surface area contributed by atoms with E-state index in [1.165, 1.54) is 12.1 Å². The SMILES string of the molecule is COC1CC(NC(=O)c2cc(Br)ccc2F)C1(C)C. The van der Waals surface area contributed by atoms with Crippen molar-refractivity contribution in [1.82, 2.24) is 5.32 Å². The Labute approximate surface area is 120 Å². The molecule has 1 aromatic carbocycles. The number of hydrogen-bond acceptors (Lipinski definition) is 2. The van der Waals surface area contributed by atoms with Gasteiger partial charge in [-0.05, 0) is 24.6 Å². The summed E-state index contributed by atoms with van der Waals surface area (Å²) in [7, 11) is 1.67. The number of amides is 1. The molecular formula is C14H17BrFNO2. The van der Waals surface area contributed by atoms with Gasteiger partial charge in [-0.1, -0.05) is 29.8 Å². The van der Waals surface area contributed by atoms with Crippen LogP contribution in [0.1, 0.15) is 30.6 Å². The lowest BCUT2D eigenvalue weighted by Gasteiger charge is -2.51. The third kappa shape index (κ3) is 2.67. The van der Waals surface area contributed by atoms with E-state index in [0.717, 1.165) is 6.42 Å². The zero-order chi connectivity index (χ0) is 14.2. The highest BCUT2D eigenvalue weighted by Crippen LogP contribution is 2.42. The van der Waals surface area contributed by atoms with Crippen molar-refractivity contribution in [2.24, 2.45) is 5.41 Å². The van der Waals surface area contributed by atoms with Crippen LogP contribution in [0.3, 0.4) is 0 Å². The molecule has 1 aliphatic rings. The molecule has 1 amide bonds. The first kappa shape index (κ1) is 14.5. The third-order valence-electron chi connectivity index (χ3n) is 3.94. The van der Waals surface area contributed by atoms with Gasteiger partial charge in [0, 0.05) is 23.0 Å². The van der Waals surface area contributed by atoms with Crippen molar-refractivity contribution in [2.45, 2.75) is 32.4 Å². The summed E-state index contributed by atoms with van der Waals surface area (Å²) in [6.07, 6.45) is 0.885. The second kappa shape index (κ2) is 5.21. The number of hydrogen-bond donors (Lipinski definition) is 1. The molecule has 3 nitrogen and oxygen atoms in total. The molecule has 0 aliphatic heterocycles. The number of halogens is 2. The molecule has 2 atom stereocenters. The highest BCUT2D eigenvalue weighted by Gasteiger charge is 2.49. The highest BCUT2D eigenvalue weighted by molar-refractivity contribution is 9.10. The smallest absolute Gasteiger partial charge is 0.254 e. The summed E-state index contributed by atoms with van der Waals surface area (Å²) in [6, 6.07) is 4.34. The van der Waals surface area contributed by atoms with E-state index in [0.29, 0.717) is 4.47 Å². The van der Waals surface area contributed by atoms with Crippen molar-refractivity contribution < 1.29 is 13.9 Å². The second-order valence-corrected chi connectivity index (χ2v) is 6.35. The van der Waals surface area contributed by atoms with Gasteiger partial charge in [-0.15, -0.1) is 0 Å². The lowest BCUT2D eigenvalue weighted by atomic mass is 9.64. The molecule has 0 saturated heterocycles. The molecule has 2 unspecified atom stereocenters. The molecule has 104 valence electrons. The summed E-state index contributed by atoms with van der Waals surface area (Å²) < 4.78 is 19.6. The lowest BCUT2D eigenvalue weighted by Crippen LogP contribution is -2.61. The Morgan fingerprint density at radius 2 is 2.21 bits per heavy atom. The van der Waals surface area contributed by atoms with Gasteiger partial charge in [-0.3, -0.25) is 4.79 Å². The number of nitrogens with one attached hydrogen (secondary N) is 1. The summed E-state index contributed by atoms with van der Waals surface area (Å²) in [4.78, 5) is 12.1. The fourth-order valence-electron chi connectivity index (χ4n) is 2.44. The van der Waals surface area contributed by atoms with Crippen molar-refractivity contribution >= 4 is 21.8 Å². The molecule has 1 fully saturated rings. The predicted molar refractivity (Wildman–Crippen MR) is 74.5 cm³/mol. The van der Waals surface area contributed by atoms with Crippen molar-refractivity contribution in [3.8, 4) is 0 Å². The maximum Gasteiger partial charge on any atom is 0.254 e. The summed E-state index contributed by atoms with van der Waals surface area (Å²) in [5.74, 6) is -0.896. The topological polar surface area (TPSA) is 38.3 Å². The number of carbonyl (C=O) groups is 1. The standard InChI is InChI=1S/C14H17BrFNO2/c1-14(2)11(7-12(14)19-3)17-13(18)9-6-8(15)4-5-10(9)16/h4-6,11-12H,7H2,1-3H3,(H,17,18). The monoisotopic (exact) mass is 329 g/mol. The Morgan fingerprint density at radius 3 is 2.79 bits per heavy atom. The first-order chi connectivity index (χ1) is 8.86. The molecule has 1 aromatic rings. The van der Waals surface area contributed by atoms with Gasteiger partial charge in [-0.25, -0.2) is 4.39 Å². The van der Waals surface area contributed by atoms with E-state index < -0.39 is 5.82 Å². The van der Waals surface area contributed by atoms with E-state index in [2.05, 4.69) is 21.2 Å². The van der Waals surface area contributed by atoms with Gasteiger partial charge in [-0.2, -0.15) is 0 Å². The van der Waals surface area contributed by atoms with Crippen LogP contribution in [0.2, 0.25) is 0 Å². The minimum absolute atomic E-state index is 0.00308. The Morgan fingerprint density at radius 1 is 1.53 bits per heavy atom. The predicted octanol–water partition coefficient (Wildman–Crippen LogP) is 3.13. The molecule has 5 heteroatoms. The number of rotatable bonds is 3. The van der Waals surface area contributed by atoms with Gasteiger partial charge in [0.25, 0.3) is 5.91 Å². The minimum Gasteiger partial charge on any atom is -0.381 e. The molecule has 19 heavy (non-hydrogen) atoms. The first-order valence-electron chi connectivity index (χ1n) is 6.15. The minimum atomic E-state index is -0.513. The second-order valence-electron chi connectivity index (χ2n) is 5.43. The fraction of sp³-hybridized carbons (Fsp3) is 0.500. The summed E-state index contributed by atoms with van der Waals surface area (Å²) in [5.41, 5.74) is -0.0709. The van der Waals surface area contributed by atoms with Gasteiger partial charge in [0.15, 0.2) is 0 Å². The van der Waals surface area contributed by atoms with E-state index in [9.17, 15) is 9.18 Å². The molecule has 0 aromatic heterocycles. The average Bonchev–Trinajstić information content (AvgIpc) is 2.36. The van der Waals surface area contributed by atoms with Crippen LogP contribution in [-0.4, -0.2) is 25.2 Å². The molecule has 1 N–H and O–H groups in total. The van der Waals surface area contributed by atoms with E-state index in [-0.39, 0.29) is 29.0 Å². The number of benzene rings is 1. The van der Waals surface area contributed by atoms with E-state index >= 15 is 0 Å². The van der Waals surface area contributed by atoms with Crippen molar-refractivity contribution in [3.63, 3.8) is 0 Å². The number of carbonyl (C=O) groups excluding carboxylic acids is 1. The highest BCUT2D eigenvalue weighted by atomic mass is 79.9. The largest absolute Gasteiger partial charge is 0.381 e. The molecular weight excluding hydrogens is 313 g/mol. The fourth-order valence-corrected chi connectivity index (χ4v) is 2.80. The Bertz CT molecular complexity index is 504. The normalized spacial score (nSPS) is 24.7. The van der Waals surface area contributed by atoms with E-state index in [1.54, 1.807) is 13.2 Å². The molecule has 1 aliphatic carbocycles. The number of ether oxygens (including phenoxy) is 1. The van der Waals surface area contributed by atoms with Crippen LogP contribution in [0.25, 0.3) is 0 Å². The molecule has 0 heterocycles. The van der Waals surface area contributed by atoms with Crippen LogP contribution in [0, 0.1) is 11.2 Å². The van der Waals surface area contributed by atoms with Crippen LogP contribution >= 0.6 is 15.9 Å². The van der Waals surface area contributed by atoms with Gasteiger partial charge in [0.1, 0.15) is 5.82 Å². The van der Waals surface area contributed by atoms with Crippen LogP contribution in [0.4, 0.5) is 4.39 Å². The molecule has 2 rings (SSSR count). The lowest BCUT2D eigenvalue weighted by molar-refractivity contribution is -0.0942. The Kier molecular flexibility index (Phi) is 3.97. The van der Waals surface area contributed by atoms with Gasteiger partial charge >= 0.3 is 0 Å². The Hall–Kier alpha value is -0.940. The van der Waals surface area contributed by atoms with Gasteiger partial charge < -0.3 is 10.1 Å². The number of methoxy groups -OCH3 is 1. The van der Waals surface area contributed by atoms with Crippen molar-refractivity contribution in [2.75, 3.05) is 7.11 Å². The van der Waals surface area contributed by atoms with Crippen LogP contribution < -0.4 is 5.32 Å². The summed E-state index contributed by atoms with van der Waals surface area (Å²) >= 11 is 3.24. The summed E-state index contributed by atoms with van der Waals surface area (Å²) in [5, 5.41) is 2.88. The zero-order valence-corrected chi connectivity index (χ0v) is 12.8. The first-order valence-corrected chi connectivity index (χ1v) is 6.94. The zero-order valence-electron chi connectivity index (χ0n) is 11.2. The molecule has 0 spiro atoms. The Balaban J connectivity index is 2.09. The van der Waals surface area contributed by atoms with Crippen LogP contribution in [0.5, 0.6) is 0 Å². The molecule has 0 radical (unpaired) electrons. The summed E-state index contributed by atoms with van der Waals surface area (Å²) in [6.45, 7) is 4.07. The third-order valence-corrected chi connectivity index (χ3v) is 4.43. The van der Waals surface area contributed by atoms with Gasteiger partial charge in [0.05, 0.1) is 11.7 Å². The van der Waals surface area contributed by atoms with Crippen LogP contribution in [0.15, 0.2) is 22.7 Å². The van der Waals surface area contributed by atoms with E-state index in [1.807, 2.05) is 13.8 Å². The maximum absolute atomic E-state index is 13.6. The quantitative estimate of drug-likeness (QED) is 0.925. The van der Waals surface area contributed by atoms with Crippen molar-refractivity contribution in [3.05, 3.63) is 34.1 Å². The average molecular weight is 330 g/mol. The van der Waals surface area contributed by atoms with Crippen LogP contribution in [-0.2, 0) is 4.74 Å². The molecule has 0 bridgehead atoms. The molecule has 1 saturated carbocycles. The van der Waals surface area contributed by atoms with Crippen molar-refractivity contribution in [1.29, 1.82) is 0 Å². The van der Waals surface area contributed by atoms with Gasteiger partial charge in [0.2, 0.25) is 0 Å². The van der Waals surface area contributed by atoms with E-state index in [4.69, 9.17) is 4.74 Å².